The number of amides is 12. The lowest BCUT2D eigenvalue weighted by Crippen LogP contribution is -2.66. The molecule has 3 rings (SSSR count). The van der Waals surface area contributed by atoms with E-state index in [1.165, 1.54) is 85.9 Å². The summed E-state index contributed by atoms with van der Waals surface area (Å²) in [5.74, 6) is -18.1. The van der Waals surface area contributed by atoms with E-state index in [1.54, 1.807) is 6.92 Å². The van der Waals surface area contributed by atoms with E-state index in [0.29, 0.717) is 18.4 Å². The van der Waals surface area contributed by atoms with Gasteiger partial charge in [-0.2, -0.15) is 0 Å². The molecule has 0 aromatic heterocycles. The molecule has 99 heavy (non-hydrogen) atoms. The summed E-state index contributed by atoms with van der Waals surface area (Å²) < 4.78 is 16.7. The number of cyclic esters (lactones) is 1. The van der Waals surface area contributed by atoms with Gasteiger partial charge in [0.2, 0.25) is 65.0 Å². The normalized spacial score (nSPS) is 24.1. The summed E-state index contributed by atoms with van der Waals surface area (Å²) in [7, 11) is 2.43. The maximum absolute atomic E-state index is 15.2. The molecule has 2 aliphatic heterocycles. The van der Waals surface area contributed by atoms with Gasteiger partial charge in [-0.25, -0.2) is 4.79 Å². The van der Waals surface area contributed by atoms with Crippen molar-refractivity contribution in [1.29, 1.82) is 0 Å². The molecule has 12 amide bonds. The maximum atomic E-state index is 15.2. The Morgan fingerprint density at radius 2 is 1.44 bits per heavy atom. The molecule has 1 aromatic rings. The summed E-state index contributed by atoms with van der Waals surface area (Å²) in [4.78, 5) is 184. The first kappa shape index (κ1) is 84.4. The third kappa shape index (κ3) is 24.8. The number of allylic oxidation sites excluding steroid dienone is 3. The van der Waals surface area contributed by atoms with Crippen molar-refractivity contribution >= 4 is 76.9 Å². The van der Waals surface area contributed by atoms with Crippen molar-refractivity contribution in [2.45, 2.75) is 206 Å². The molecule has 554 valence electrons. The van der Waals surface area contributed by atoms with Crippen LogP contribution in [0.5, 0.6) is 11.5 Å². The Kier molecular flexibility index (Phi) is 33.3. The quantitative estimate of drug-likeness (QED) is 0.0290. The van der Waals surface area contributed by atoms with Gasteiger partial charge in [-0.3, -0.25) is 57.5 Å². The van der Waals surface area contributed by atoms with Crippen LogP contribution in [0.3, 0.4) is 0 Å². The molecular formula is C65H103N13O21. The van der Waals surface area contributed by atoms with Gasteiger partial charge in [0.1, 0.15) is 66.6 Å². The van der Waals surface area contributed by atoms with Crippen LogP contribution in [-0.4, -0.2) is 238 Å². The molecule has 2 fully saturated rings. The number of benzene rings is 1. The van der Waals surface area contributed by atoms with E-state index in [0.717, 1.165) is 37.9 Å². The van der Waals surface area contributed by atoms with Crippen molar-refractivity contribution < 1.29 is 102 Å². The molecule has 1 aromatic carbocycles. The van der Waals surface area contributed by atoms with Gasteiger partial charge in [-0.05, 0) is 96.3 Å². The molecule has 0 saturated carbocycles. The molecule has 2 aliphatic rings. The van der Waals surface area contributed by atoms with Crippen LogP contribution in [0.1, 0.15) is 114 Å². The van der Waals surface area contributed by atoms with E-state index in [1.807, 2.05) is 19.9 Å². The highest BCUT2D eigenvalue weighted by molar-refractivity contribution is 6.00. The Morgan fingerprint density at radius 1 is 0.818 bits per heavy atom. The van der Waals surface area contributed by atoms with Crippen LogP contribution in [0, 0.1) is 23.7 Å². The third-order valence-electron chi connectivity index (χ3n) is 17.1. The van der Waals surface area contributed by atoms with E-state index in [4.69, 9.17) is 25.7 Å². The minimum Gasteiger partial charge on any atom is -0.504 e. The Labute approximate surface area is 575 Å². The van der Waals surface area contributed by atoms with Gasteiger partial charge >= 0.3 is 5.97 Å². The first-order chi connectivity index (χ1) is 46.2. The van der Waals surface area contributed by atoms with Crippen molar-refractivity contribution in [2.75, 3.05) is 40.5 Å². The lowest BCUT2D eigenvalue weighted by Gasteiger charge is -2.39. The third-order valence-corrected chi connectivity index (χ3v) is 17.1. The highest BCUT2D eigenvalue weighted by atomic mass is 16.5. The number of hydrogen-bond donors (Lipinski definition) is 17. The average Bonchev–Trinajstić information content (AvgIpc) is 0.808. The Hall–Kier alpha value is -8.83. The van der Waals surface area contributed by atoms with Crippen molar-refractivity contribution in [3.63, 3.8) is 0 Å². The van der Waals surface area contributed by atoms with Gasteiger partial charge in [-0.15, -0.1) is 0 Å². The Bertz CT molecular complexity index is 3100. The first-order valence-electron chi connectivity index (χ1n) is 32.7. The number of aromatic hydroxyl groups is 1. The number of hydrogen-bond acceptors (Lipinski definition) is 22. The van der Waals surface area contributed by atoms with Crippen LogP contribution >= 0.6 is 0 Å². The molecule has 0 spiro atoms. The fraction of sp³-hybridized carbons (Fsp3) is 0.646. The highest BCUT2D eigenvalue weighted by Crippen LogP contribution is 2.29. The second kappa shape index (κ2) is 39.1. The van der Waals surface area contributed by atoms with Crippen molar-refractivity contribution in [3.05, 3.63) is 47.6 Å². The number of primary amides is 1. The van der Waals surface area contributed by atoms with Gasteiger partial charge < -0.3 is 109 Å². The summed E-state index contributed by atoms with van der Waals surface area (Å²) >= 11 is 0. The Morgan fingerprint density at radius 3 is 2.02 bits per heavy atom. The standard InChI is InChI=1S/C65H103N13O21/c1-15-31(4)24-32(5)19-22-45(82)65(12,96)64(95)69-28-47(84)73-50(37(10)79)60(91)75-49(35(8)66)58(89)74-48(33(6)34(7)54(67)85)57(88)77-52-53(30(2)3)99-63(94)42-18-16-17-23-78(42)62(93)40(25-39-20-21-43(81)44(26-39)98-14)71-59(90)51(38(11)80)76-55(86)36(9)70-46(83)27-68-56(87)41(29-97-13)72-61(52)92/h19-22,24,26,30-31,33-38,40-42,45,48-53,79-82,96H,15-18,23,25,27-29,66H2,1-14H3,(H2,67,85)(H,68,87)(H,69,95)(H,70,83)(H,71,90)(H,72,92)(H,73,84)(H,74,89)(H,75,91)(H,76,86)(H,77,88)/b22-19-,32-24+/t31?,33-,34+,35-,36-,37-,38-,40-,41?,42-,45?,48-,49-,50+,51?,52+,53?,65?/m0/s1. The summed E-state index contributed by atoms with van der Waals surface area (Å²) in [5.41, 5.74) is 10.6. The first-order valence-corrected chi connectivity index (χ1v) is 32.7. The number of aliphatic hydroxyl groups excluding tert-OH is 3. The molecule has 19 N–H and O–H groups in total. The van der Waals surface area contributed by atoms with E-state index in [-0.39, 0.29) is 36.8 Å². The second-order valence-electron chi connectivity index (χ2n) is 25.8. The monoisotopic (exact) mass is 1400 g/mol. The largest absolute Gasteiger partial charge is 0.504 e. The van der Waals surface area contributed by atoms with Crippen molar-refractivity contribution in [3.8, 4) is 11.5 Å². The predicted octanol–water partition coefficient (Wildman–Crippen LogP) is -4.79. The smallest absolute Gasteiger partial charge is 0.329 e. The zero-order chi connectivity index (χ0) is 75.1. The average molecular weight is 1400 g/mol. The molecule has 18 atom stereocenters. The van der Waals surface area contributed by atoms with Crippen LogP contribution < -0.4 is 69.4 Å². The number of phenolic OH excluding ortho intramolecular Hbond substituents is 1. The maximum Gasteiger partial charge on any atom is 0.329 e. The van der Waals surface area contributed by atoms with Crippen LogP contribution in [0.25, 0.3) is 0 Å². The topological polar surface area (TPSA) is 526 Å². The van der Waals surface area contributed by atoms with Crippen LogP contribution in [0.2, 0.25) is 0 Å². The SMILES string of the molecule is CCC(C)/C=C(C)/C=C\C(O)C(C)(O)C(=O)NCC(=O)N[C@@H](C(=O)N[C@H](C(=O)N[C@H](C(=O)N[C@H]1C(=O)NC(COC)C(=O)NCC(=O)N[C@@H](C)C(=O)NC([C@H](C)O)C(=O)N[C@@H](Cc2ccc(O)c(OC)c2)C(=O)N2CCCC[C@H]2C(=O)OC1C(C)C)[C@@H](C)[C@@H](C)C(N)=O)[C@H](C)N)[C@H](C)O. The molecular weight excluding hydrogens is 1300 g/mol. The minimum atomic E-state index is -2.46. The van der Waals surface area contributed by atoms with Crippen LogP contribution in [0.15, 0.2) is 42.0 Å². The summed E-state index contributed by atoms with van der Waals surface area (Å²) in [6.45, 7) is 14.6. The number of rotatable bonds is 27. The van der Waals surface area contributed by atoms with E-state index in [2.05, 4.69) is 53.2 Å². The van der Waals surface area contributed by atoms with Crippen molar-refractivity contribution in [2.24, 2.45) is 35.1 Å². The molecule has 6 unspecified atom stereocenters. The molecule has 0 aliphatic carbocycles. The molecule has 34 nitrogen and oxygen atoms in total. The number of carbonyl (C=O) groups is 13. The number of piperidine rings is 1. The number of fused-ring (bicyclic) bond motifs is 1. The lowest BCUT2D eigenvalue weighted by atomic mass is 9.87. The van der Waals surface area contributed by atoms with Gasteiger partial charge in [0.15, 0.2) is 17.1 Å². The molecule has 0 bridgehead atoms. The number of nitrogens with two attached hydrogens (primary N) is 2. The fourth-order valence-electron chi connectivity index (χ4n) is 10.5. The zero-order valence-corrected chi connectivity index (χ0v) is 58.6. The molecule has 2 heterocycles. The van der Waals surface area contributed by atoms with Gasteiger partial charge in [0.25, 0.3) is 5.91 Å². The number of ether oxygens (including phenoxy) is 3. The van der Waals surface area contributed by atoms with E-state index >= 15 is 14.4 Å². The molecule has 0 radical (unpaired) electrons. The minimum absolute atomic E-state index is 0.0120. The number of esters is 1. The fourth-order valence-corrected chi connectivity index (χ4v) is 10.5. The van der Waals surface area contributed by atoms with Gasteiger partial charge in [-0.1, -0.05) is 77.8 Å². The summed E-state index contributed by atoms with van der Waals surface area (Å²) in [6.07, 6.45) is -1.17. The highest BCUT2D eigenvalue weighted by Gasteiger charge is 2.46. The number of nitrogens with one attached hydrogen (secondary N) is 10. The molecule has 34 heteroatoms. The number of nitrogens with zero attached hydrogens (tertiary/aromatic N) is 1. The number of carbonyl (C=O) groups excluding carboxylic acids is 13. The summed E-state index contributed by atoms with van der Waals surface area (Å²) in [6, 6.07) is -13.1. The van der Waals surface area contributed by atoms with E-state index < -0.39 is 205 Å². The molecule has 2 saturated heterocycles. The lowest BCUT2D eigenvalue weighted by molar-refractivity contribution is -0.167. The zero-order valence-electron chi connectivity index (χ0n) is 58.6. The summed E-state index contributed by atoms with van der Waals surface area (Å²) in [5, 5.41) is 77.3. The van der Waals surface area contributed by atoms with Crippen LogP contribution in [-0.2, 0) is 78.2 Å². The second-order valence-corrected chi connectivity index (χ2v) is 25.8. The number of phenols is 1. The van der Waals surface area contributed by atoms with Gasteiger partial charge in [0, 0.05) is 32.0 Å². The Balaban J connectivity index is 2.16. The van der Waals surface area contributed by atoms with Gasteiger partial charge in [0.05, 0.1) is 39.0 Å². The predicted molar refractivity (Wildman–Crippen MR) is 355 cm³/mol. The van der Waals surface area contributed by atoms with E-state index in [9.17, 15) is 73.5 Å². The van der Waals surface area contributed by atoms with Crippen LogP contribution in [0.4, 0.5) is 0 Å². The van der Waals surface area contributed by atoms with Crippen molar-refractivity contribution in [1.82, 2.24) is 58.1 Å². The number of aliphatic hydroxyl groups is 4. The number of methoxy groups -OCH3 is 2.